The number of nitrogens with zero attached hydrogens (tertiary/aromatic N) is 1. The van der Waals surface area contributed by atoms with E-state index >= 15 is 0 Å². The van der Waals surface area contributed by atoms with E-state index in [0.29, 0.717) is 0 Å². The van der Waals surface area contributed by atoms with Crippen molar-refractivity contribution in [3.8, 4) is 0 Å². The van der Waals surface area contributed by atoms with Gasteiger partial charge in [0.15, 0.2) is 0 Å². The first kappa shape index (κ1) is 10.6. The molecule has 0 heterocycles. The van der Waals surface area contributed by atoms with Crippen LogP contribution < -0.4 is 0 Å². The van der Waals surface area contributed by atoms with Gasteiger partial charge < -0.3 is 0 Å². The third-order valence-electron chi connectivity index (χ3n) is 1.13. The van der Waals surface area contributed by atoms with E-state index in [1.165, 1.54) is 0 Å². The SMILES string of the molecule is C=CC/C=C\C=C/C(=C)/N=C\C. The van der Waals surface area contributed by atoms with E-state index in [-0.39, 0.29) is 0 Å². The Morgan fingerprint density at radius 2 is 2.17 bits per heavy atom. The first-order chi connectivity index (χ1) is 5.81. The zero-order valence-corrected chi connectivity index (χ0v) is 7.53. The Morgan fingerprint density at radius 3 is 2.75 bits per heavy atom. The molecule has 0 unspecified atom stereocenters. The summed E-state index contributed by atoms with van der Waals surface area (Å²) >= 11 is 0. The molecule has 0 rings (SSSR count). The second-order valence-electron chi connectivity index (χ2n) is 2.19. The summed E-state index contributed by atoms with van der Waals surface area (Å²) in [6.07, 6.45) is 12.2. The molecule has 0 aromatic carbocycles. The van der Waals surface area contributed by atoms with Gasteiger partial charge in [-0.3, -0.25) is 4.99 Å². The summed E-state index contributed by atoms with van der Waals surface area (Å²) in [6, 6.07) is 0. The molecule has 1 heteroatoms. The van der Waals surface area contributed by atoms with Crippen LogP contribution in [0.25, 0.3) is 0 Å². The lowest BCUT2D eigenvalue weighted by Gasteiger charge is -1.84. The maximum Gasteiger partial charge on any atom is 0.0553 e. The van der Waals surface area contributed by atoms with E-state index in [1.54, 1.807) is 6.21 Å². The number of hydrogen-bond donors (Lipinski definition) is 0. The highest BCUT2D eigenvalue weighted by atomic mass is 14.7. The predicted octanol–water partition coefficient (Wildman–Crippen LogP) is 3.28. The zero-order valence-electron chi connectivity index (χ0n) is 7.53. The fraction of sp³-hybridized carbons (Fsp3) is 0.182. The highest BCUT2D eigenvalue weighted by molar-refractivity contribution is 5.55. The highest BCUT2D eigenvalue weighted by Crippen LogP contribution is 1.94. The molecule has 1 nitrogen and oxygen atoms in total. The normalized spacial score (nSPS) is 11.8. The number of hydrogen-bond acceptors (Lipinski definition) is 1. The largest absolute Gasteiger partial charge is 0.262 e. The molecule has 0 fully saturated rings. The van der Waals surface area contributed by atoms with E-state index in [4.69, 9.17) is 0 Å². The molecule has 0 amide bonds. The summed E-state index contributed by atoms with van der Waals surface area (Å²) < 4.78 is 0. The lowest BCUT2D eigenvalue weighted by atomic mass is 10.3. The molecule has 64 valence electrons. The lowest BCUT2D eigenvalue weighted by molar-refractivity contribution is 1.40. The first-order valence-corrected chi connectivity index (χ1v) is 3.93. The monoisotopic (exact) mass is 161 g/mol. The van der Waals surface area contributed by atoms with Crippen molar-refractivity contribution in [3.63, 3.8) is 0 Å². The second kappa shape index (κ2) is 7.73. The Morgan fingerprint density at radius 1 is 1.42 bits per heavy atom. The summed E-state index contributed by atoms with van der Waals surface area (Å²) in [6.45, 7) is 9.20. The van der Waals surface area contributed by atoms with Gasteiger partial charge in [-0.25, -0.2) is 0 Å². The van der Waals surface area contributed by atoms with Crippen LogP contribution in [0.3, 0.4) is 0 Å². The van der Waals surface area contributed by atoms with Crippen molar-refractivity contribution < 1.29 is 0 Å². The minimum atomic E-state index is 0.765. The second-order valence-corrected chi connectivity index (χ2v) is 2.19. The summed E-state index contributed by atoms with van der Waals surface area (Å²) in [7, 11) is 0. The summed E-state index contributed by atoms with van der Waals surface area (Å²) in [5, 5.41) is 0. The quantitative estimate of drug-likeness (QED) is 0.333. The van der Waals surface area contributed by atoms with Crippen molar-refractivity contribution in [2.75, 3.05) is 0 Å². The fourth-order valence-corrected chi connectivity index (χ4v) is 0.629. The van der Waals surface area contributed by atoms with Gasteiger partial charge in [0.05, 0.1) is 5.70 Å². The van der Waals surface area contributed by atoms with Gasteiger partial charge in [-0.1, -0.05) is 30.9 Å². The third kappa shape index (κ3) is 6.75. The molecule has 0 N–H and O–H groups in total. The van der Waals surface area contributed by atoms with Crippen LogP contribution in [0.5, 0.6) is 0 Å². The van der Waals surface area contributed by atoms with Gasteiger partial charge in [0.1, 0.15) is 0 Å². The van der Waals surface area contributed by atoms with Gasteiger partial charge >= 0.3 is 0 Å². The first-order valence-electron chi connectivity index (χ1n) is 3.93. The summed E-state index contributed by atoms with van der Waals surface area (Å²) in [5.74, 6) is 0. The number of allylic oxidation sites excluding steroid dienone is 5. The Balaban J connectivity index is 3.75. The highest BCUT2D eigenvalue weighted by Gasteiger charge is 1.75. The van der Waals surface area contributed by atoms with Crippen LogP contribution in [-0.4, -0.2) is 6.21 Å². The van der Waals surface area contributed by atoms with Gasteiger partial charge in [-0.15, -0.1) is 6.58 Å². The molecular weight excluding hydrogens is 146 g/mol. The summed E-state index contributed by atoms with van der Waals surface area (Å²) in [5.41, 5.74) is 0.765. The van der Waals surface area contributed by atoms with Crippen LogP contribution in [0.1, 0.15) is 13.3 Å². The van der Waals surface area contributed by atoms with Crippen LogP contribution in [0.4, 0.5) is 0 Å². The Bertz CT molecular complexity index is 219. The minimum absolute atomic E-state index is 0.765. The fourth-order valence-electron chi connectivity index (χ4n) is 0.629. The van der Waals surface area contributed by atoms with E-state index < -0.39 is 0 Å². The lowest BCUT2D eigenvalue weighted by Crippen LogP contribution is -1.66. The average molecular weight is 161 g/mol. The van der Waals surface area contributed by atoms with Gasteiger partial charge in [0, 0.05) is 6.21 Å². The number of rotatable bonds is 5. The third-order valence-corrected chi connectivity index (χ3v) is 1.13. The molecule has 0 atom stereocenters. The van der Waals surface area contributed by atoms with Gasteiger partial charge in [0.2, 0.25) is 0 Å². The molecule has 0 aromatic heterocycles. The van der Waals surface area contributed by atoms with Crippen LogP contribution >= 0.6 is 0 Å². The molecule has 0 aromatic rings. The van der Waals surface area contributed by atoms with E-state index in [2.05, 4.69) is 18.2 Å². The molecule has 0 radical (unpaired) electrons. The van der Waals surface area contributed by atoms with Crippen LogP contribution in [0.2, 0.25) is 0 Å². The van der Waals surface area contributed by atoms with Crippen molar-refractivity contribution in [2.45, 2.75) is 13.3 Å². The smallest absolute Gasteiger partial charge is 0.0553 e. The van der Waals surface area contributed by atoms with Crippen molar-refractivity contribution >= 4 is 6.21 Å². The molecule has 0 saturated carbocycles. The Hall–Kier alpha value is -1.37. The Kier molecular flexibility index (Phi) is 6.85. The molecular formula is C11H15N. The van der Waals surface area contributed by atoms with Crippen molar-refractivity contribution in [3.05, 3.63) is 49.2 Å². The van der Waals surface area contributed by atoms with Crippen molar-refractivity contribution in [1.82, 2.24) is 0 Å². The molecule has 0 saturated heterocycles. The molecule has 0 aliphatic heterocycles. The maximum absolute atomic E-state index is 3.98. The molecule has 0 bridgehead atoms. The standard InChI is InChI=1S/C11H15N/c1-4-6-7-8-9-10-11(3)12-5-2/h4-5,7-10H,1,3,6H2,2H3/b8-7-,10-9-,12-5-. The van der Waals surface area contributed by atoms with Gasteiger partial charge in [-0.05, 0) is 19.4 Å². The number of aliphatic imine (C=N–C) groups is 1. The van der Waals surface area contributed by atoms with E-state index in [9.17, 15) is 0 Å². The Labute approximate surface area is 74.5 Å². The average Bonchev–Trinajstić information content (AvgIpc) is 2.05. The predicted molar refractivity (Wildman–Crippen MR) is 56.4 cm³/mol. The van der Waals surface area contributed by atoms with Crippen LogP contribution in [-0.2, 0) is 0 Å². The van der Waals surface area contributed by atoms with Gasteiger partial charge in [0.25, 0.3) is 0 Å². The van der Waals surface area contributed by atoms with E-state index in [1.807, 2.05) is 37.3 Å². The minimum Gasteiger partial charge on any atom is -0.262 e. The van der Waals surface area contributed by atoms with Crippen molar-refractivity contribution in [1.29, 1.82) is 0 Å². The maximum atomic E-state index is 3.98. The van der Waals surface area contributed by atoms with Crippen molar-refractivity contribution in [2.24, 2.45) is 4.99 Å². The van der Waals surface area contributed by atoms with Gasteiger partial charge in [-0.2, -0.15) is 0 Å². The topological polar surface area (TPSA) is 12.4 Å². The van der Waals surface area contributed by atoms with Crippen LogP contribution in [0.15, 0.2) is 54.2 Å². The summed E-state index contributed by atoms with van der Waals surface area (Å²) in [4.78, 5) is 3.98. The molecule has 12 heavy (non-hydrogen) atoms. The molecule has 0 aliphatic carbocycles. The zero-order chi connectivity index (χ0) is 9.23. The molecule has 0 aliphatic rings. The van der Waals surface area contributed by atoms with Crippen LogP contribution in [0, 0.1) is 0 Å². The van der Waals surface area contributed by atoms with E-state index in [0.717, 1.165) is 12.1 Å². The molecule has 0 spiro atoms.